The van der Waals surface area contributed by atoms with Gasteiger partial charge in [0, 0.05) is 43.9 Å². The molecule has 5 aromatic rings. The van der Waals surface area contributed by atoms with E-state index in [4.69, 9.17) is 4.98 Å². The lowest BCUT2D eigenvalue weighted by Gasteiger charge is -2.09. The highest BCUT2D eigenvalue weighted by Crippen LogP contribution is 2.34. The number of nitrogens with one attached hydrogen (secondary N) is 3. The van der Waals surface area contributed by atoms with Gasteiger partial charge in [-0.05, 0) is 44.5 Å². The fraction of sp³-hybridized carbons (Fsp3) is 0.172. The van der Waals surface area contributed by atoms with Gasteiger partial charge in [0.05, 0.1) is 35.0 Å². The average Bonchev–Trinajstić information content (AvgIpc) is 3.60. The molecule has 0 amide bonds. The Bertz CT molecular complexity index is 1630. The number of anilines is 1. The van der Waals surface area contributed by atoms with Crippen molar-refractivity contribution in [1.29, 1.82) is 0 Å². The van der Waals surface area contributed by atoms with E-state index in [1.807, 2.05) is 31.3 Å². The van der Waals surface area contributed by atoms with Crippen LogP contribution in [0.2, 0.25) is 0 Å². The number of hydrogen-bond acceptors (Lipinski definition) is 6. The average molecular weight is 508 g/mol. The third-order valence-electron chi connectivity index (χ3n) is 6.01. The maximum Gasteiger partial charge on any atom is 0.159 e. The number of nitrogens with zero attached hydrogens (tertiary/aromatic N) is 4. The minimum absolute atomic E-state index is 0.698. The van der Waals surface area contributed by atoms with E-state index >= 15 is 0 Å². The normalized spacial score (nSPS) is 11.7. The van der Waals surface area contributed by atoms with Gasteiger partial charge in [0.15, 0.2) is 5.82 Å². The minimum Gasteiger partial charge on any atom is -0.358 e. The van der Waals surface area contributed by atoms with Crippen LogP contribution in [0, 0.1) is 13.8 Å². The summed E-state index contributed by atoms with van der Waals surface area (Å²) in [6.07, 6.45) is 11.2. The van der Waals surface area contributed by atoms with Crippen LogP contribution < -0.4 is 5.32 Å². The summed E-state index contributed by atoms with van der Waals surface area (Å²) in [7, 11) is 0. The van der Waals surface area contributed by atoms with Gasteiger partial charge in [-0.2, -0.15) is 5.10 Å². The maximum absolute atomic E-state index is 4.97. The summed E-state index contributed by atoms with van der Waals surface area (Å²) >= 11 is 1.74. The Hall–Kier alpha value is -4.30. The molecule has 0 saturated carbocycles. The number of pyridine rings is 2. The van der Waals surface area contributed by atoms with Gasteiger partial charge in [-0.25, -0.2) is 4.98 Å². The summed E-state index contributed by atoms with van der Waals surface area (Å²) in [4.78, 5) is 19.9. The van der Waals surface area contributed by atoms with Gasteiger partial charge in [0.1, 0.15) is 5.69 Å². The van der Waals surface area contributed by atoms with Gasteiger partial charge in [-0.3, -0.25) is 15.1 Å². The summed E-state index contributed by atoms with van der Waals surface area (Å²) in [6.45, 7) is 14.3. The molecule has 5 rings (SSSR count). The zero-order valence-electron chi connectivity index (χ0n) is 21.2. The lowest BCUT2D eigenvalue weighted by Crippen LogP contribution is -1.98. The van der Waals surface area contributed by atoms with Crippen LogP contribution in [0.25, 0.3) is 39.3 Å². The molecule has 0 aliphatic carbocycles. The molecule has 0 aromatic carbocycles. The fourth-order valence-corrected chi connectivity index (χ4v) is 5.18. The molecule has 5 heterocycles. The van der Waals surface area contributed by atoms with E-state index in [0.29, 0.717) is 5.82 Å². The van der Waals surface area contributed by atoms with E-state index in [9.17, 15) is 0 Å². The summed E-state index contributed by atoms with van der Waals surface area (Å²) in [5, 5.41) is 11.9. The Morgan fingerprint density at radius 2 is 2.03 bits per heavy atom. The Labute approximate surface area is 220 Å². The molecule has 0 fully saturated rings. The van der Waals surface area contributed by atoms with Gasteiger partial charge in [-0.1, -0.05) is 38.7 Å². The summed E-state index contributed by atoms with van der Waals surface area (Å²) in [5.41, 5.74) is 8.04. The molecule has 7 nitrogen and oxygen atoms in total. The molecule has 0 radical (unpaired) electrons. The Kier molecular flexibility index (Phi) is 6.83. The number of H-pyrrole nitrogens is 2. The van der Waals surface area contributed by atoms with E-state index in [1.54, 1.807) is 29.8 Å². The van der Waals surface area contributed by atoms with E-state index in [0.717, 1.165) is 73.9 Å². The van der Waals surface area contributed by atoms with Gasteiger partial charge in [0.2, 0.25) is 0 Å². The first-order valence-electron chi connectivity index (χ1n) is 12.2. The largest absolute Gasteiger partial charge is 0.358 e. The van der Waals surface area contributed by atoms with Crippen molar-refractivity contribution in [1.82, 2.24) is 30.1 Å². The van der Waals surface area contributed by atoms with Crippen molar-refractivity contribution in [2.24, 2.45) is 0 Å². The first-order chi connectivity index (χ1) is 18.0. The second-order valence-electron chi connectivity index (χ2n) is 8.91. The lowest BCUT2D eigenvalue weighted by molar-refractivity contribution is 0.913. The van der Waals surface area contributed by atoms with Crippen LogP contribution >= 0.6 is 11.3 Å². The standard InChI is InChI=1S/C29H29N7S/c1-6-8-17(3)32-21-12-20(14-30-15-21)24-13-23-25(16-31-24)35-36-28(23)29-33-19(5)27(34-29)22(9-7-2)26-11-10-18(4)37-26/h7,9-16,32H,2-3,6,8H2,1,4-5H3,(H,33,34)(H,35,36)/b22-9-. The van der Waals surface area contributed by atoms with Crippen molar-refractivity contribution in [3.05, 3.63) is 95.0 Å². The molecule has 3 N–H and O–H groups in total. The molecule has 5 aromatic heterocycles. The van der Waals surface area contributed by atoms with Crippen molar-refractivity contribution in [3.63, 3.8) is 0 Å². The molecular formula is C29H29N7S. The predicted octanol–water partition coefficient (Wildman–Crippen LogP) is 7.43. The second kappa shape index (κ2) is 10.4. The molecule has 0 saturated heterocycles. The quantitative estimate of drug-likeness (QED) is 0.180. The number of allylic oxidation sites excluding steroid dienone is 3. The van der Waals surface area contributed by atoms with E-state index < -0.39 is 0 Å². The predicted molar refractivity (Wildman–Crippen MR) is 153 cm³/mol. The third kappa shape index (κ3) is 5.01. The van der Waals surface area contributed by atoms with E-state index in [-0.39, 0.29) is 0 Å². The molecule has 37 heavy (non-hydrogen) atoms. The third-order valence-corrected chi connectivity index (χ3v) is 7.04. The van der Waals surface area contributed by atoms with Crippen molar-refractivity contribution >= 4 is 33.5 Å². The highest BCUT2D eigenvalue weighted by Gasteiger charge is 2.19. The highest BCUT2D eigenvalue weighted by molar-refractivity contribution is 7.13. The van der Waals surface area contributed by atoms with Crippen LogP contribution in [-0.2, 0) is 0 Å². The molecular weight excluding hydrogens is 478 g/mol. The summed E-state index contributed by atoms with van der Waals surface area (Å²) in [6, 6.07) is 8.30. The monoisotopic (exact) mass is 507 g/mol. The molecule has 8 heteroatoms. The van der Waals surface area contributed by atoms with Crippen LogP contribution in [0.5, 0.6) is 0 Å². The van der Waals surface area contributed by atoms with Gasteiger partial charge >= 0.3 is 0 Å². The Morgan fingerprint density at radius 3 is 2.78 bits per heavy atom. The Morgan fingerprint density at radius 1 is 1.16 bits per heavy atom. The SMILES string of the molecule is C=C/C=C(/c1ccc(C)s1)c1nc(-c2n[nH]c3cnc(-c4cncc(NC(=C)CCC)c4)cc23)[nH]c1C. The van der Waals surface area contributed by atoms with Gasteiger partial charge in [-0.15, -0.1) is 11.3 Å². The zero-order chi connectivity index (χ0) is 25.9. The first kappa shape index (κ1) is 24.4. The maximum atomic E-state index is 4.97. The number of aromatic amines is 2. The van der Waals surface area contributed by atoms with Crippen LogP contribution in [0.4, 0.5) is 5.69 Å². The number of thiophene rings is 1. The smallest absolute Gasteiger partial charge is 0.159 e. The van der Waals surface area contributed by atoms with Crippen molar-refractivity contribution < 1.29 is 0 Å². The number of hydrogen-bond donors (Lipinski definition) is 3. The van der Waals surface area contributed by atoms with Crippen molar-refractivity contribution in [3.8, 4) is 22.8 Å². The molecule has 0 atom stereocenters. The van der Waals surface area contributed by atoms with Gasteiger partial charge in [0.25, 0.3) is 0 Å². The highest BCUT2D eigenvalue weighted by atomic mass is 32.1. The van der Waals surface area contributed by atoms with Gasteiger partial charge < -0.3 is 10.3 Å². The molecule has 0 bridgehead atoms. The second-order valence-corrected chi connectivity index (χ2v) is 10.2. The van der Waals surface area contributed by atoms with Crippen molar-refractivity contribution in [2.45, 2.75) is 33.6 Å². The molecule has 0 aliphatic heterocycles. The zero-order valence-corrected chi connectivity index (χ0v) is 22.0. The topological polar surface area (TPSA) is 95.2 Å². The minimum atomic E-state index is 0.698. The van der Waals surface area contributed by atoms with Crippen LogP contribution in [0.15, 0.2) is 73.9 Å². The summed E-state index contributed by atoms with van der Waals surface area (Å²) < 4.78 is 0. The Balaban J connectivity index is 1.52. The molecule has 0 unspecified atom stereocenters. The first-order valence-corrected chi connectivity index (χ1v) is 13.0. The lowest BCUT2D eigenvalue weighted by atomic mass is 10.1. The van der Waals surface area contributed by atoms with E-state index in [2.05, 4.69) is 69.6 Å². The molecule has 0 aliphatic rings. The molecule has 186 valence electrons. The van der Waals surface area contributed by atoms with Crippen LogP contribution in [-0.4, -0.2) is 30.1 Å². The number of rotatable bonds is 9. The van der Waals surface area contributed by atoms with Crippen LogP contribution in [0.1, 0.15) is 40.9 Å². The fourth-order valence-electron chi connectivity index (χ4n) is 4.28. The number of aromatic nitrogens is 6. The number of aryl methyl sites for hydroxylation is 2. The molecule has 0 spiro atoms. The number of imidazole rings is 1. The van der Waals surface area contributed by atoms with E-state index in [1.165, 1.54) is 4.88 Å². The summed E-state index contributed by atoms with van der Waals surface area (Å²) in [5.74, 6) is 0.698. The number of fused-ring (bicyclic) bond motifs is 1. The van der Waals surface area contributed by atoms with Crippen LogP contribution in [0.3, 0.4) is 0 Å². The van der Waals surface area contributed by atoms with Crippen molar-refractivity contribution in [2.75, 3.05) is 5.32 Å².